The van der Waals surface area contributed by atoms with Crippen LogP contribution in [0.25, 0.3) is 0 Å². The molecule has 0 spiro atoms. The van der Waals surface area contributed by atoms with Gasteiger partial charge in [0.05, 0.1) is 0 Å². The molecule has 0 heterocycles. The van der Waals surface area contributed by atoms with E-state index in [1.54, 1.807) is 13.0 Å². The number of allylic oxidation sites excluding steroid dienone is 5. The van der Waals surface area contributed by atoms with Crippen LogP contribution in [0, 0.1) is 28.6 Å². The lowest BCUT2D eigenvalue weighted by Gasteiger charge is -2.55. The number of hydrogen-bond donors (Lipinski definition) is 1. The van der Waals surface area contributed by atoms with Crippen molar-refractivity contribution in [1.29, 1.82) is 0 Å². The predicted octanol–water partition coefficient (Wildman–Crippen LogP) is 3.39. The van der Waals surface area contributed by atoms with E-state index in [4.69, 9.17) is 0 Å². The van der Waals surface area contributed by atoms with E-state index in [1.807, 2.05) is 0 Å². The highest BCUT2D eigenvalue weighted by Gasteiger charge is 2.57. The van der Waals surface area contributed by atoms with Crippen LogP contribution in [-0.4, -0.2) is 22.8 Å². The summed E-state index contributed by atoms with van der Waals surface area (Å²) in [6.45, 7) is 6.16. The van der Waals surface area contributed by atoms with E-state index in [0.717, 1.165) is 30.4 Å². The Kier molecular flexibility index (Phi) is 3.34. The SMILES string of the molecule is CC(=O)C1=CC[C@H]2[C@@H]3C=CC4=CC(=O)C(O)C[C@]4(C)[C@H]3CC[C@]12C. The molecule has 0 aromatic rings. The maximum Gasteiger partial charge on any atom is 0.184 e. The van der Waals surface area contributed by atoms with Crippen molar-refractivity contribution in [1.82, 2.24) is 0 Å². The van der Waals surface area contributed by atoms with Gasteiger partial charge in [-0.05, 0) is 78.4 Å². The fourth-order valence-electron chi connectivity index (χ4n) is 6.18. The number of aliphatic hydroxyl groups excluding tert-OH is 1. The van der Waals surface area contributed by atoms with Gasteiger partial charge in [-0.1, -0.05) is 32.1 Å². The van der Waals surface area contributed by atoms with Crippen LogP contribution in [-0.2, 0) is 9.59 Å². The highest BCUT2D eigenvalue weighted by atomic mass is 16.3. The molecule has 3 nitrogen and oxygen atoms in total. The number of rotatable bonds is 1. The molecular formula is C21H26O3. The summed E-state index contributed by atoms with van der Waals surface area (Å²) < 4.78 is 0. The van der Waals surface area contributed by atoms with Gasteiger partial charge in [-0.3, -0.25) is 9.59 Å². The third kappa shape index (κ3) is 1.94. The third-order valence-corrected chi connectivity index (χ3v) is 7.51. The van der Waals surface area contributed by atoms with Crippen molar-refractivity contribution in [2.75, 3.05) is 0 Å². The maximum atomic E-state index is 12.1. The Morgan fingerprint density at radius 2 is 2.00 bits per heavy atom. The largest absolute Gasteiger partial charge is 0.385 e. The summed E-state index contributed by atoms with van der Waals surface area (Å²) in [5, 5.41) is 10.2. The molecule has 4 aliphatic carbocycles. The van der Waals surface area contributed by atoms with Crippen LogP contribution >= 0.6 is 0 Å². The molecule has 0 saturated heterocycles. The van der Waals surface area contributed by atoms with E-state index >= 15 is 0 Å². The first-order valence-corrected chi connectivity index (χ1v) is 9.11. The molecule has 4 aliphatic rings. The number of aliphatic hydroxyl groups is 1. The predicted molar refractivity (Wildman–Crippen MR) is 92.2 cm³/mol. The summed E-state index contributed by atoms with van der Waals surface area (Å²) >= 11 is 0. The normalized spacial score (nSPS) is 46.6. The van der Waals surface area contributed by atoms with Gasteiger partial charge in [-0.2, -0.15) is 0 Å². The van der Waals surface area contributed by atoms with Crippen molar-refractivity contribution >= 4 is 11.6 Å². The van der Waals surface area contributed by atoms with Gasteiger partial charge >= 0.3 is 0 Å². The fraction of sp³-hybridized carbons (Fsp3) is 0.619. The van der Waals surface area contributed by atoms with Gasteiger partial charge in [0.1, 0.15) is 6.10 Å². The van der Waals surface area contributed by atoms with Gasteiger partial charge in [0, 0.05) is 0 Å². The van der Waals surface area contributed by atoms with E-state index in [1.165, 1.54) is 0 Å². The first-order valence-electron chi connectivity index (χ1n) is 9.11. The number of fused-ring (bicyclic) bond motifs is 5. The van der Waals surface area contributed by atoms with Gasteiger partial charge in [-0.25, -0.2) is 0 Å². The highest BCUT2D eigenvalue weighted by Crippen LogP contribution is 2.63. The molecule has 0 aliphatic heterocycles. The quantitative estimate of drug-likeness (QED) is 0.803. The zero-order chi connectivity index (χ0) is 17.3. The molecule has 24 heavy (non-hydrogen) atoms. The summed E-state index contributed by atoms with van der Waals surface area (Å²) in [5.41, 5.74) is 1.95. The highest BCUT2D eigenvalue weighted by molar-refractivity contribution is 5.96. The molecular weight excluding hydrogens is 300 g/mol. The molecule has 0 aromatic heterocycles. The van der Waals surface area contributed by atoms with E-state index in [-0.39, 0.29) is 22.4 Å². The van der Waals surface area contributed by atoms with Gasteiger partial charge in [0.2, 0.25) is 0 Å². The monoisotopic (exact) mass is 326 g/mol. The molecule has 6 atom stereocenters. The number of ketones is 2. The summed E-state index contributed by atoms with van der Waals surface area (Å²) in [6, 6.07) is 0. The second kappa shape index (κ2) is 5.01. The van der Waals surface area contributed by atoms with Crippen molar-refractivity contribution in [3.05, 3.63) is 35.5 Å². The van der Waals surface area contributed by atoms with E-state index in [0.29, 0.717) is 24.2 Å². The van der Waals surface area contributed by atoms with Crippen molar-refractivity contribution < 1.29 is 14.7 Å². The van der Waals surface area contributed by atoms with Crippen LogP contribution in [0.3, 0.4) is 0 Å². The molecule has 1 saturated carbocycles. The Hall–Kier alpha value is -1.48. The second-order valence-corrected chi connectivity index (χ2v) is 8.65. The number of carbonyl (C=O) groups excluding carboxylic acids is 2. The zero-order valence-corrected chi connectivity index (χ0v) is 14.7. The minimum Gasteiger partial charge on any atom is -0.385 e. The zero-order valence-electron chi connectivity index (χ0n) is 14.7. The molecule has 1 unspecified atom stereocenters. The molecule has 3 heteroatoms. The molecule has 0 aromatic carbocycles. The Labute approximate surface area is 143 Å². The lowest BCUT2D eigenvalue weighted by molar-refractivity contribution is -0.126. The Morgan fingerprint density at radius 1 is 1.25 bits per heavy atom. The van der Waals surface area contributed by atoms with Crippen molar-refractivity contribution in [2.24, 2.45) is 28.6 Å². The smallest absolute Gasteiger partial charge is 0.184 e. The number of hydrogen-bond acceptors (Lipinski definition) is 3. The number of carbonyl (C=O) groups is 2. The van der Waals surface area contributed by atoms with Gasteiger partial charge in [0.25, 0.3) is 0 Å². The molecule has 0 bridgehead atoms. The van der Waals surface area contributed by atoms with Crippen LogP contribution in [0.2, 0.25) is 0 Å². The molecule has 1 fully saturated rings. The summed E-state index contributed by atoms with van der Waals surface area (Å²) in [5.74, 6) is 1.37. The van der Waals surface area contributed by atoms with Gasteiger partial charge < -0.3 is 5.11 Å². The Morgan fingerprint density at radius 3 is 2.71 bits per heavy atom. The molecule has 0 radical (unpaired) electrons. The fourth-order valence-corrected chi connectivity index (χ4v) is 6.18. The average Bonchev–Trinajstić information content (AvgIpc) is 2.86. The average molecular weight is 326 g/mol. The minimum atomic E-state index is -0.867. The standard InChI is InChI=1S/C21H26O3/c1-12(22)15-6-7-16-14-5-4-13-10-18(23)19(24)11-21(13,3)17(14)8-9-20(15,16)2/h4-6,10,14,16-17,19,24H,7-9,11H2,1-3H3/t14-,16-,17-,19?,20+,21-/m0/s1. The summed E-state index contributed by atoms with van der Waals surface area (Å²) in [7, 11) is 0. The van der Waals surface area contributed by atoms with Crippen LogP contribution in [0.15, 0.2) is 35.5 Å². The summed E-state index contributed by atoms with van der Waals surface area (Å²) in [6.07, 6.45) is 10.9. The Bertz CT molecular complexity index is 713. The Balaban J connectivity index is 1.74. The number of Topliss-reactive ketones (excluding diaryl/α,β-unsaturated/α-hetero) is 1. The first kappa shape index (κ1) is 16.0. The van der Waals surface area contributed by atoms with Crippen LogP contribution < -0.4 is 0 Å². The topological polar surface area (TPSA) is 54.4 Å². The van der Waals surface area contributed by atoms with E-state index in [9.17, 15) is 14.7 Å². The lowest BCUT2D eigenvalue weighted by Crippen LogP contribution is -2.50. The molecule has 128 valence electrons. The van der Waals surface area contributed by atoms with Crippen molar-refractivity contribution in [3.8, 4) is 0 Å². The van der Waals surface area contributed by atoms with Crippen LogP contribution in [0.5, 0.6) is 0 Å². The van der Waals surface area contributed by atoms with Crippen molar-refractivity contribution in [3.63, 3.8) is 0 Å². The summed E-state index contributed by atoms with van der Waals surface area (Å²) in [4.78, 5) is 24.0. The van der Waals surface area contributed by atoms with Crippen LogP contribution in [0.1, 0.15) is 46.5 Å². The first-order chi connectivity index (χ1) is 11.3. The van der Waals surface area contributed by atoms with Gasteiger partial charge in [-0.15, -0.1) is 0 Å². The second-order valence-electron chi connectivity index (χ2n) is 8.65. The molecule has 0 amide bonds. The maximum absolute atomic E-state index is 12.1. The van der Waals surface area contributed by atoms with E-state index < -0.39 is 6.10 Å². The van der Waals surface area contributed by atoms with Crippen LogP contribution in [0.4, 0.5) is 0 Å². The third-order valence-electron chi connectivity index (χ3n) is 7.51. The van der Waals surface area contributed by atoms with Crippen molar-refractivity contribution in [2.45, 2.75) is 52.6 Å². The lowest BCUT2D eigenvalue weighted by atomic mass is 9.48. The van der Waals surface area contributed by atoms with E-state index in [2.05, 4.69) is 32.1 Å². The molecule has 4 rings (SSSR count). The van der Waals surface area contributed by atoms with Gasteiger partial charge in [0.15, 0.2) is 11.6 Å². The minimum absolute atomic E-state index is 0.0159. The molecule has 1 N–H and O–H groups in total.